The summed E-state index contributed by atoms with van der Waals surface area (Å²) in [4.78, 5) is 0. The van der Waals surface area contributed by atoms with Crippen LogP contribution < -0.4 is 41.1 Å². The maximum absolute atomic E-state index is 2.33. The van der Waals surface area contributed by atoms with Gasteiger partial charge >= 0.3 is 121 Å². The van der Waals surface area contributed by atoms with Crippen molar-refractivity contribution in [3.8, 4) is 21.7 Å². The summed E-state index contributed by atoms with van der Waals surface area (Å²) in [5, 5.41) is 2.93. The molecule has 0 radical (unpaired) electrons. The van der Waals surface area contributed by atoms with Gasteiger partial charge in [0.1, 0.15) is 0 Å². The molecule has 106 valence electrons. The molecule has 0 aliphatic rings. The van der Waals surface area contributed by atoms with Crippen molar-refractivity contribution < 1.29 is 57.7 Å². The topological polar surface area (TPSA) is 0 Å². The molecule has 2 aromatic carbocycles. The first-order valence-corrected chi connectivity index (χ1v) is 7.68. The average Bonchev–Trinajstić information content (AvgIpc) is 2.83. The van der Waals surface area contributed by atoms with Gasteiger partial charge in [-0.05, 0) is 0 Å². The van der Waals surface area contributed by atoms with Crippen molar-refractivity contribution in [3.05, 3.63) is 66.7 Å². The Kier molecular flexibility index (Phi) is 9.66. The summed E-state index contributed by atoms with van der Waals surface area (Å²) in [6.07, 6.45) is 0. The van der Waals surface area contributed by atoms with Gasteiger partial charge in [-0.3, -0.25) is 0 Å². The fourth-order valence-electron chi connectivity index (χ4n) is 2.06. The van der Waals surface area contributed by atoms with E-state index in [1.165, 1.54) is 25.6 Å². The third kappa shape index (κ3) is 4.90. The Labute approximate surface area is 157 Å². The van der Waals surface area contributed by atoms with E-state index < -0.39 is 0 Å². The van der Waals surface area contributed by atoms with Gasteiger partial charge in [0, 0.05) is 0 Å². The second kappa shape index (κ2) is 9.75. The van der Waals surface area contributed by atoms with Crippen molar-refractivity contribution in [1.29, 1.82) is 0 Å². The summed E-state index contributed by atoms with van der Waals surface area (Å²) in [6.45, 7) is 0. The predicted molar refractivity (Wildman–Crippen MR) is 76.4 cm³/mol. The summed E-state index contributed by atoms with van der Waals surface area (Å²) in [5.41, 5.74) is 2.71. The van der Waals surface area contributed by atoms with Crippen LogP contribution in [0.25, 0.3) is 21.7 Å². The predicted octanol–water partition coefficient (Wildman–Crippen LogP) is -4.76. The summed E-state index contributed by atoms with van der Waals surface area (Å²) in [6, 6.07) is 23.7. The molecule has 1 heterocycles. The second-order valence-corrected chi connectivity index (χ2v) is 6.33. The molecule has 1 aromatic heterocycles. The van der Waals surface area contributed by atoms with Gasteiger partial charge in [-0.1, -0.05) is 0 Å². The number of hydrogen-bond donors (Lipinski definition) is 0. The number of benzene rings is 2. The van der Waals surface area contributed by atoms with Crippen LogP contribution in [0, 0.1) is 0 Å². The molecular formula is C16H12Cl3PTi. The van der Waals surface area contributed by atoms with Crippen molar-refractivity contribution >= 4 is 12.1 Å². The molecule has 0 N–H and O–H groups in total. The third-order valence-electron chi connectivity index (χ3n) is 2.96. The van der Waals surface area contributed by atoms with Crippen molar-refractivity contribution in [3.63, 3.8) is 0 Å². The van der Waals surface area contributed by atoms with Crippen LogP contribution in [0.1, 0.15) is 0 Å². The summed E-state index contributed by atoms with van der Waals surface area (Å²) < 4.78 is 1.40. The molecule has 0 aliphatic carbocycles. The van der Waals surface area contributed by atoms with Crippen LogP contribution in [0.2, 0.25) is 0 Å². The van der Waals surface area contributed by atoms with Gasteiger partial charge in [0.15, 0.2) is 0 Å². The van der Waals surface area contributed by atoms with Crippen LogP contribution in [0.5, 0.6) is 0 Å². The third-order valence-corrected chi connectivity index (χ3v) is 5.48. The Morgan fingerprint density at radius 3 is 1.67 bits per heavy atom. The van der Waals surface area contributed by atoms with Crippen LogP contribution in [-0.2, 0) is 20.4 Å². The van der Waals surface area contributed by atoms with Crippen LogP contribution in [0.15, 0.2) is 66.7 Å². The van der Waals surface area contributed by atoms with Crippen LogP contribution >= 0.6 is 8.19 Å². The molecular weight excluding hydrogens is 377 g/mol. The van der Waals surface area contributed by atoms with E-state index in [0.717, 1.165) is 8.19 Å². The van der Waals surface area contributed by atoms with E-state index >= 15 is 0 Å². The molecule has 0 nitrogen and oxygen atoms in total. The molecule has 0 spiro atoms. The maximum atomic E-state index is 2.33. The van der Waals surface area contributed by atoms with Crippen molar-refractivity contribution in [2.45, 2.75) is 0 Å². The van der Waals surface area contributed by atoms with E-state index in [1.54, 1.807) is 0 Å². The molecule has 1 atom stereocenters. The number of halogens is 3. The fourth-order valence-corrected chi connectivity index (χ4v) is 4.34. The van der Waals surface area contributed by atoms with Gasteiger partial charge in [0.05, 0.1) is 0 Å². The molecule has 1 unspecified atom stereocenters. The SMILES string of the molecule is [Cl-].[Cl-].[Cl-].[Ti+3][c]1cc(-c2ccccc2)[pH]c1-c1ccccc1. The van der Waals surface area contributed by atoms with Gasteiger partial charge in [-0.2, -0.15) is 0 Å². The zero-order valence-electron chi connectivity index (χ0n) is 11.0. The van der Waals surface area contributed by atoms with Gasteiger partial charge in [0.2, 0.25) is 0 Å². The zero-order chi connectivity index (χ0) is 12.4. The van der Waals surface area contributed by atoms with Gasteiger partial charge in [-0.25, -0.2) is 0 Å². The monoisotopic (exact) mass is 388 g/mol. The normalized spacial score (nSPS) is 9.43. The van der Waals surface area contributed by atoms with Gasteiger partial charge < -0.3 is 37.2 Å². The Morgan fingerprint density at radius 1 is 0.667 bits per heavy atom. The standard InChI is InChI=1S/C16H12P.3ClH.Ti/c1-3-7-13(8-4-1)15-11-12-16(17-15)14-9-5-2-6-10-14;;;;/h1-11,17H;3*1H;/q;;;;+3/p-3. The Bertz CT molecular complexity index is 654. The van der Waals surface area contributed by atoms with Crippen molar-refractivity contribution in [2.24, 2.45) is 0 Å². The van der Waals surface area contributed by atoms with E-state index in [9.17, 15) is 0 Å². The number of hydrogen-bond acceptors (Lipinski definition) is 0. The van der Waals surface area contributed by atoms with Gasteiger partial charge in [-0.15, -0.1) is 0 Å². The first-order valence-electron chi connectivity index (χ1n) is 5.90. The molecule has 5 heteroatoms. The van der Waals surface area contributed by atoms with E-state index in [1.807, 2.05) is 0 Å². The fraction of sp³-hybridized carbons (Fsp3) is 0. The van der Waals surface area contributed by atoms with E-state index in [4.69, 9.17) is 0 Å². The Balaban J connectivity index is 0.00000133. The minimum absolute atomic E-state index is 0. The molecule has 0 amide bonds. The molecule has 0 bridgehead atoms. The first-order chi connectivity index (χ1) is 8.84. The molecule has 0 saturated carbocycles. The molecule has 3 rings (SSSR count). The van der Waals surface area contributed by atoms with Crippen LogP contribution in [0.3, 0.4) is 0 Å². The van der Waals surface area contributed by atoms with Crippen molar-refractivity contribution in [2.75, 3.05) is 0 Å². The van der Waals surface area contributed by atoms with E-state index in [2.05, 4.69) is 87.2 Å². The summed E-state index contributed by atoms with van der Waals surface area (Å²) >= 11 is 2.21. The minimum atomic E-state index is 0. The second-order valence-electron chi connectivity index (χ2n) is 4.20. The van der Waals surface area contributed by atoms with Crippen LogP contribution in [0.4, 0.5) is 0 Å². The van der Waals surface area contributed by atoms with E-state index in [0.29, 0.717) is 0 Å². The Hall–Kier alpha value is -0.196. The van der Waals surface area contributed by atoms with E-state index in [-0.39, 0.29) is 37.2 Å². The molecule has 0 saturated heterocycles. The molecule has 3 aromatic rings. The van der Waals surface area contributed by atoms with Crippen molar-refractivity contribution in [1.82, 2.24) is 0 Å². The molecule has 0 fully saturated rings. The Morgan fingerprint density at radius 2 is 1.14 bits per heavy atom. The molecule has 21 heavy (non-hydrogen) atoms. The quantitative estimate of drug-likeness (QED) is 0.386. The summed E-state index contributed by atoms with van der Waals surface area (Å²) in [7, 11) is 0.767. The molecule has 0 aliphatic heterocycles. The van der Waals surface area contributed by atoms with Gasteiger partial charge in [0.25, 0.3) is 0 Å². The van der Waals surface area contributed by atoms with Crippen LogP contribution in [-0.4, -0.2) is 0 Å². The zero-order valence-corrected chi connectivity index (χ0v) is 15.8. The summed E-state index contributed by atoms with van der Waals surface area (Å²) in [5.74, 6) is 0. The number of rotatable bonds is 2. The first kappa shape index (κ1) is 20.8. The average molecular weight is 389 g/mol.